The van der Waals surface area contributed by atoms with Crippen LogP contribution in [-0.2, 0) is 23.9 Å². The Morgan fingerprint density at radius 2 is 1.56 bits per heavy atom. The first-order chi connectivity index (χ1) is 12.8. The Hall–Kier alpha value is -2.70. The summed E-state index contributed by atoms with van der Waals surface area (Å²) in [4.78, 5) is 14.2. The Bertz CT molecular complexity index is 773. The van der Waals surface area contributed by atoms with Crippen LogP contribution in [0.3, 0.4) is 0 Å². The first-order valence-corrected chi connectivity index (χ1v) is 8.43. The molecule has 0 saturated carbocycles. The molecule has 0 spiro atoms. The average molecular weight is 381 g/mol. The monoisotopic (exact) mass is 381 g/mol. The smallest absolute Gasteiger partial charge is 0.416 e. The Labute approximate surface area is 156 Å². The van der Waals surface area contributed by atoms with E-state index in [9.17, 15) is 18.0 Å². The van der Waals surface area contributed by atoms with Crippen molar-refractivity contribution in [3.05, 3.63) is 59.2 Å². The third kappa shape index (κ3) is 5.39. The van der Waals surface area contributed by atoms with Crippen LogP contribution in [-0.4, -0.2) is 31.6 Å². The van der Waals surface area contributed by atoms with Crippen molar-refractivity contribution < 1.29 is 27.4 Å². The van der Waals surface area contributed by atoms with Crippen LogP contribution in [0.4, 0.5) is 13.2 Å². The van der Waals surface area contributed by atoms with E-state index in [1.807, 2.05) is 13.0 Å². The van der Waals surface area contributed by atoms with Crippen LogP contribution in [0.15, 0.2) is 42.5 Å². The van der Waals surface area contributed by atoms with E-state index in [4.69, 9.17) is 9.47 Å². The highest BCUT2D eigenvalue weighted by atomic mass is 19.4. The molecule has 0 heterocycles. The molecule has 0 bridgehead atoms. The van der Waals surface area contributed by atoms with E-state index < -0.39 is 11.7 Å². The van der Waals surface area contributed by atoms with Gasteiger partial charge in [-0.15, -0.1) is 0 Å². The fraction of sp³-hybridized carbons (Fsp3) is 0.350. The average Bonchev–Trinajstić information content (AvgIpc) is 2.65. The number of methoxy groups -OCH3 is 2. The summed E-state index contributed by atoms with van der Waals surface area (Å²) in [6.45, 7) is 2.70. The van der Waals surface area contributed by atoms with Crippen molar-refractivity contribution in [1.29, 1.82) is 0 Å². The summed E-state index contributed by atoms with van der Waals surface area (Å²) in [6.07, 6.45) is -4.34. The van der Waals surface area contributed by atoms with Crippen molar-refractivity contribution in [2.45, 2.75) is 26.1 Å². The van der Waals surface area contributed by atoms with Gasteiger partial charge in [0.25, 0.3) is 0 Å². The van der Waals surface area contributed by atoms with Gasteiger partial charge in [0.1, 0.15) is 0 Å². The summed E-state index contributed by atoms with van der Waals surface area (Å²) >= 11 is 0. The fourth-order valence-corrected chi connectivity index (χ4v) is 2.67. The molecule has 0 aliphatic carbocycles. The molecule has 0 atom stereocenters. The van der Waals surface area contributed by atoms with Gasteiger partial charge >= 0.3 is 6.18 Å². The lowest BCUT2D eigenvalue weighted by atomic mass is 10.1. The number of likely N-dealkylation sites (N-methyl/N-ethyl adjacent to an activating group) is 1. The molecule has 0 radical (unpaired) electrons. The topological polar surface area (TPSA) is 38.8 Å². The molecule has 2 rings (SSSR count). The number of nitrogens with zero attached hydrogens (tertiary/aromatic N) is 1. The van der Waals surface area contributed by atoms with Gasteiger partial charge in [-0.2, -0.15) is 13.2 Å². The summed E-state index contributed by atoms with van der Waals surface area (Å²) in [6, 6.07) is 10.1. The van der Waals surface area contributed by atoms with E-state index >= 15 is 0 Å². The molecule has 2 aromatic carbocycles. The van der Waals surface area contributed by atoms with E-state index in [1.165, 1.54) is 19.2 Å². The molecule has 1 amide bonds. The number of halogens is 3. The number of benzene rings is 2. The summed E-state index contributed by atoms with van der Waals surface area (Å²) < 4.78 is 48.3. The number of ether oxygens (including phenoxy) is 2. The van der Waals surface area contributed by atoms with Gasteiger partial charge in [-0.3, -0.25) is 4.79 Å². The summed E-state index contributed by atoms with van der Waals surface area (Å²) in [5, 5.41) is 0. The molecule has 0 saturated heterocycles. The van der Waals surface area contributed by atoms with Crippen LogP contribution in [0.1, 0.15) is 23.6 Å². The van der Waals surface area contributed by atoms with Crippen molar-refractivity contribution in [3.63, 3.8) is 0 Å². The number of rotatable bonds is 7. The fourth-order valence-electron chi connectivity index (χ4n) is 2.67. The Morgan fingerprint density at radius 3 is 2.07 bits per heavy atom. The van der Waals surface area contributed by atoms with Crippen LogP contribution in [0.5, 0.6) is 11.5 Å². The lowest BCUT2D eigenvalue weighted by molar-refractivity contribution is -0.137. The van der Waals surface area contributed by atoms with E-state index in [1.54, 1.807) is 24.1 Å². The van der Waals surface area contributed by atoms with E-state index in [0.29, 0.717) is 30.2 Å². The minimum atomic E-state index is -4.38. The molecule has 7 heteroatoms. The van der Waals surface area contributed by atoms with Crippen molar-refractivity contribution in [3.8, 4) is 11.5 Å². The molecule has 27 heavy (non-hydrogen) atoms. The molecule has 146 valence electrons. The second kappa shape index (κ2) is 8.79. The highest BCUT2D eigenvalue weighted by Gasteiger charge is 2.30. The van der Waals surface area contributed by atoms with Crippen LogP contribution < -0.4 is 9.47 Å². The van der Waals surface area contributed by atoms with Crippen LogP contribution in [0.25, 0.3) is 0 Å². The molecular weight excluding hydrogens is 359 g/mol. The largest absolute Gasteiger partial charge is 0.493 e. The molecule has 0 fully saturated rings. The third-order valence-corrected chi connectivity index (χ3v) is 4.19. The second-order valence-electron chi connectivity index (χ2n) is 5.97. The predicted molar refractivity (Wildman–Crippen MR) is 95.8 cm³/mol. The standard InChI is InChI=1S/C20H22F3NO3/c1-4-24(13-15-7-10-17(26-2)18(11-15)27-3)19(25)12-14-5-8-16(9-6-14)20(21,22)23/h5-11H,4,12-13H2,1-3H3. The van der Waals surface area contributed by atoms with Crippen molar-refractivity contribution in [1.82, 2.24) is 4.90 Å². The van der Waals surface area contributed by atoms with Gasteiger partial charge in [0.2, 0.25) is 5.91 Å². The lowest BCUT2D eigenvalue weighted by Gasteiger charge is -2.22. The minimum absolute atomic E-state index is 0.0409. The maximum absolute atomic E-state index is 12.6. The number of carbonyl (C=O) groups excluding carboxylic acids is 1. The number of hydrogen-bond acceptors (Lipinski definition) is 3. The first-order valence-electron chi connectivity index (χ1n) is 8.43. The number of carbonyl (C=O) groups is 1. The van der Waals surface area contributed by atoms with Crippen molar-refractivity contribution >= 4 is 5.91 Å². The molecule has 0 aliphatic heterocycles. The van der Waals surface area contributed by atoms with Crippen LogP contribution in [0.2, 0.25) is 0 Å². The van der Waals surface area contributed by atoms with Gasteiger partial charge in [0.05, 0.1) is 26.2 Å². The second-order valence-corrected chi connectivity index (χ2v) is 5.97. The summed E-state index contributed by atoms with van der Waals surface area (Å²) in [5.41, 5.74) is 0.686. The quantitative estimate of drug-likeness (QED) is 0.717. The Morgan fingerprint density at radius 1 is 0.963 bits per heavy atom. The third-order valence-electron chi connectivity index (χ3n) is 4.19. The van der Waals surface area contributed by atoms with Gasteiger partial charge in [-0.1, -0.05) is 18.2 Å². The summed E-state index contributed by atoms with van der Waals surface area (Å²) in [5.74, 6) is 1.01. The molecule has 0 aromatic heterocycles. The zero-order chi connectivity index (χ0) is 20.0. The van der Waals surface area contributed by atoms with Gasteiger partial charge in [-0.05, 0) is 42.3 Å². The number of hydrogen-bond donors (Lipinski definition) is 0. The zero-order valence-electron chi connectivity index (χ0n) is 15.5. The highest BCUT2D eigenvalue weighted by molar-refractivity contribution is 5.78. The maximum atomic E-state index is 12.6. The van der Waals surface area contributed by atoms with Crippen molar-refractivity contribution in [2.24, 2.45) is 0 Å². The van der Waals surface area contributed by atoms with Gasteiger partial charge in [0.15, 0.2) is 11.5 Å². The molecule has 2 aromatic rings. The van der Waals surface area contributed by atoms with E-state index in [-0.39, 0.29) is 12.3 Å². The minimum Gasteiger partial charge on any atom is -0.493 e. The van der Waals surface area contributed by atoms with E-state index in [0.717, 1.165) is 17.7 Å². The molecule has 0 N–H and O–H groups in total. The van der Waals surface area contributed by atoms with Crippen molar-refractivity contribution in [2.75, 3.05) is 20.8 Å². The predicted octanol–water partition coefficient (Wildman–Crippen LogP) is 4.31. The SMILES string of the molecule is CCN(Cc1ccc(OC)c(OC)c1)C(=O)Cc1ccc(C(F)(F)F)cc1. The van der Waals surface area contributed by atoms with Gasteiger partial charge < -0.3 is 14.4 Å². The molecule has 0 unspecified atom stereocenters. The van der Waals surface area contributed by atoms with Crippen LogP contribution in [0, 0.1) is 0 Å². The Balaban J connectivity index is 2.07. The van der Waals surface area contributed by atoms with E-state index in [2.05, 4.69) is 0 Å². The highest BCUT2D eigenvalue weighted by Crippen LogP contribution is 2.30. The molecule has 0 aliphatic rings. The normalized spacial score (nSPS) is 11.2. The Kier molecular flexibility index (Phi) is 6.71. The van der Waals surface area contributed by atoms with Gasteiger partial charge in [0, 0.05) is 13.1 Å². The molecular formula is C20H22F3NO3. The molecule has 4 nitrogen and oxygen atoms in total. The zero-order valence-corrected chi connectivity index (χ0v) is 15.5. The van der Waals surface area contributed by atoms with Crippen LogP contribution >= 0.6 is 0 Å². The lowest BCUT2D eigenvalue weighted by Crippen LogP contribution is -2.31. The first kappa shape index (κ1) is 20.6. The maximum Gasteiger partial charge on any atom is 0.416 e. The van der Waals surface area contributed by atoms with Gasteiger partial charge in [-0.25, -0.2) is 0 Å². The summed E-state index contributed by atoms with van der Waals surface area (Å²) in [7, 11) is 3.08. The number of alkyl halides is 3. The number of amides is 1.